The Morgan fingerprint density at radius 3 is 2.15 bits per heavy atom. The minimum absolute atomic E-state index is 0.563. The molecule has 0 saturated carbocycles. The monoisotopic (exact) mass is 527 g/mol. The molecule has 8 rings (SSSR count). The fourth-order valence-corrected chi connectivity index (χ4v) is 6.36. The summed E-state index contributed by atoms with van der Waals surface area (Å²) < 4.78 is 8.49. The molecule has 4 nitrogen and oxygen atoms in total. The highest BCUT2D eigenvalue weighted by Gasteiger charge is 2.47. The van der Waals surface area contributed by atoms with Crippen LogP contribution in [0.4, 0.5) is 0 Å². The molecule has 0 aliphatic heterocycles. The molecule has 0 radical (unpaired) electrons. The van der Waals surface area contributed by atoms with Crippen molar-refractivity contribution in [1.29, 1.82) is 0 Å². The molecule has 0 bridgehead atoms. The molecule has 0 fully saturated rings. The van der Waals surface area contributed by atoms with E-state index in [-0.39, 0.29) is 0 Å². The van der Waals surface area contributed by atoms with Crippen molar-refractivity contribution in [3.05, 3.63) is 175 Å². The van der Waals surface area contributed by atoms with Gasteiger partial charge in [-0.1, -0.05) is 91.0 Å². The number of aromatic nitrogens is 3. The summed E-state index contributed by atoms with van der Waals surface area (Å²) in [6.45, 7) is 0. The summed E-state index contributed by atoms with van der Waals surface area (Å²) >= 11 is 0. The van der Waals surface area contributed by atoms with E-state index in [1.54, 1.807) is 0 Å². The van der Waals surface area contributed by atoms with Gasteiger partial charge in [0.15, 0.2) is 0 Å². The molecule has 0 N–H and O–H groups in total. The minimum atomic E-state index is -0.563. The summed E-state index contributed by atoms with van der Waals surface area (Å²) in [5.41, 5.74) is 6.46. The zero-order chi connectivity index (χ0) is 27.2. The fourth-order valence-electron chi connectivity index (χ4n) is 6.36. The van der Waals surface area contributed by atoms with Crippen LogP contribution in [0.25, 0.3) is 27.7 Å². The van der Waals surface area contributed by atoms with Crippen LogP contribution in [-0.4, -0.2) is 14.5 Å². The first-order valence-electron chi connectivity index (χ1n) is 13.7. The average Bonchev–Trinajstić information content (AvgIpc) is 3.62. The molecule has 0 saturated heterocycles. The van der Waals surface area contributed by atoms with Gasteiger partial charge in [0, 0.05) is 24.0 Å². The van der Waals surface area contributed by atoms with Crippen LogP contribution >= 0.6 is 0 Å². The van der Waals surface area contributed by atoms with Gasteiger partial charge in [-0.3, -0.25) is 4.98 Å². The van der Waals surface area contributed by atoms with E-state index in [9.17, 15) is 0 Å². The second-order valence-electron chi connectivity index (χ2n) is 10.3. The first-order chi connectivity index (χ1) is 20.3. The molecular formula is C37H25N3O. The lowest BCUT2D eigenvalue weighted by atomic mass is 9.70. The largest absolute Gasteiger partial charge is 0.456 e. The number of hydrogen-bond donors (Lipinski definition) is 0. The molecule has 1 aliphatic rings. The maximum Gasteiger partial charge on any atom is 0.145 e. The zero-order valence-electron chi connectivity index (χ0n) is 22.2. The smallest absolute Gasteiger partial charge is 0.145 e. The minimum Gasteiger partial charge on any atom is -0.456 e. The standard InChI is InChI=1S/C37H25N3O/c1-2-13-30-26(10-1)19-22-39-36(30)40-23-20-29(25-40)41-28-12-9-11-27(24-28)37(35-18-7-8-21-38-35)33-16-5-3-14-31(33)32-15-4-6-17-34(32)37/h1-25H. The lowest BCUT2D eigenvalue weighted by molar-refractivity contribution is 0.481. The molecule has 1 aliphatic carbocycles. The molecule has 4 aromatic carbocycles. The number of ether oxygens (including phenoxy) is 1. The van der Waals surface area contributed by atoms with Crippen LogP contribution in [0.3, 0.4) is 0 Å². The molecule has 41 heavy (non-hydrogen) atoms. The first-order valence-corrected chi connectivity index (χ1v) is 13.7. The number of benzene rings is 4. The van der Waals surface area contributed by atoms with E-state index in [4.69, 9.17) is 9.72 Å². The summed E-state index contributed by atoms with van der Waals surface area (Å²) in [5, 5.41) is 2.24. The van der Waals surface area contributed by atoms with Crippen molar-refractivity contribution in [3.63, 3.8) is 0 Å². The summed E-state index contributed by atoms with van der Waals surface area (Å²) in [6, 6.07) is 44.2. The molecule has 0 atom stereocenters. The second kappa shape index (κ2) is 9.32. The van der Waals surface area contributed by atoms with E-state index >= 15 is 0 Å². The predicted octanol–water partition coefficient (Wildman–Crippen LogP) is 8.58. The third-order valence-corrected chi connectivity index (χ3v) is 8.07. The highest BCUT2D eigenvalue weighted by atomic mass is 16.5. The van der Waals surface area contributed by atoms with E-state index in [0.717, 1.165) is 39.3 Å². The van der Waals surface area contributed by atoms with Gasteiger partial charge in [-0.15, -0.1) is 0 Å². The Kier molecular flexibility index (Phi) is 5.32. The molecule has 7 aromatic rings. The summed E-state index contributed by atoms with van der Waals surface area (Å²) in [5.74, 6) is 2.39. The van der Waals surface area contributed by atoms with Gasteiger partial charge in [0.1, 0.15) is 17.3 Å². The lowest BCUT2D eigenvalue weighted by Crippen LogP contribution is -2.29. The van der Waals surface area contributed by atoms with Crippen LogP contribution in [0.1, 0.15) is 22.4 Å². The van der Waals surface area contributed by atoms with Crippen molar-refractivity contribution < 1.29 is 4.74 Å². The van der Waals surface area contributed by atoms with Crippen molar-refractivity contribution in [2.75, 3.05) is 0 Å². The van der Waals surface area contributed by atoms with Crippen LogP contribution in [-0.2, 0) is 5.41 Å². The Morgan fingerprint density at radius 1 is 0.585 bits per heavy atom. The van der Waals surface area contributed by atoms with Gasteiger partial charge in [-0.05, 0) is 69.6 Å². The second-order valence-corrected chi connectivity index (χ2v) is 10.3. The highest BCUT2D eigenvalue weighted by Crippen LogP contribution is 2.55. The molecule has 0 spiro atoms. The average molecular weight is 528 g/mol. The molecular weight excluding hydrogens is 502 g/mol. The maximum absolute atomic E-state index is 6.48. The third-order valence-electron chi connectivity index (χ3n) is 8.07. The number of hydrogen-bond acceptors (Lipinski definition) is 3. The zero-order valence-corrected chi connectivity index (χ0v) is 22.2. The third kappa shape index (κ3) is 3.61. The van der Waals surface area contributed by atoms with E-state index in [1.807, 2.05) is 65.8 Å². The van der Waals surface area contributed by atoms with Gasteiger partial charge in [-0.2, -0.15) is 0 Å². The van der Waals surface area contributed by atoms with Crippen LogP contribution in [0.2, 0.25) is 0 Å². The number of rotatable bonds is 5. The van der Waals surface area contributed by atoms with Crippen LogP contribution < -0.4 is 4.74 Å². The summed E-state index contributed by atoms with van der Waals surface area (Å²) in [7, 11) is 0. The Balaban J connectivity index is 1.24. The topological polar surface area (TPSA) is 39.9 Å². The molecule has 194 valence electrons. The number of fused-ring (bicyclic) bond motifs is 4. The van der Waals surface area contributed by atoms with E-state index in [1.165, 1.54) is 22.3 Å². The molecule has 0 unspecified atom stereocenters. The first kappa shape index (κ1) is 23.4. The number of pyridine rings is 2. The van der Waals surface area contributed by atoms with Gasteiger partial charge < -0.3 is 9.30 Å². The SMILES string of the molecule is c1ccc(C2(c3cccc(Oc4ccn(-c5nccc6ccccc56)c4)c3)c3ccccc3-c3ccccc32)nc1. The Labute approximate surface area is 238 Å². The van der Waals surface area contributed by atoms with E-state index in [0.29, 0.717) is 0 Å². The lowest BCUT2D eigenvalue weighted by Gasteiger charge is -2.32. The Hall–Kier alpha value is -5.48. The van der Waals surface area contributed by atoms with Gasteiger partial charge in [0.05, 0.1) is 17.3 Å². The molecule has 3 heterocycles. The van der Waals surface area contributed by atoms with Crippen molar-refractivity contribution in [2.45, 2.75) is 5.41 Å². The Morgan fingerprint density at radius 2 is 1.34 bits per heavy atom. The van der Waals surface area contributed by atoms with E-state index in [2.05, 4.69) is 96.0 Å². The van der Waals surface area contributed by atoms with Gasteiger partial charge in [0.25, 0.3) is 0 Å². The molecule has 3 aromatic heterocycles. The van der Waals surface area contributed by atoms with Gasteiger partial charge in [0.2, 0.25) is 0 Å². The van der Waals surface area contributed by atoms with Crippen LogP contribution in [0.5, 0.6) is 11.5 Å². The fraction of sp³-hybridized carbons (Fsp3) is 0.0270. The van der Waals surface area contributed by atoms with Crippen molar-refractivity contribution >= 4 is 10.8 Å². The number of nitrogens with zero attached hydrogens (tertiary/aromatic N) is 3. The molecule has 0 amide bonds. The predicted molar refractivity (Wildman–Crippen MR) is 163 cm³/mol. The normalized spacial score (nSPS) is 13.1. The maximum atomic E-state index is 6.48. The summed E-state index contributed by atoms with van der Waals surface area (Å²) in [6.07, 6.45) is 7.70. The van der Waals surface area contributed by atoms with Crippen LogP contribution in [0, 0.1) is 0 Å². The van der Waals surface area contributed by atoms with Crippen molar-refractivity contribution in [2.24, 2.45) is 0 Å². The van der Waals surface area contributed by atoms with Crippen molar-refractivity contribution in [3.8, 4) is 28.4 Å². The van der Waals surface area contributed by atoms with Gasteiger partial charge in [-0.25, -0.2) is 4.98 Å². The van der Waals surface area contributed by atoms with Crippen LogP contribution in [0.15, 0.2) is 152 Å². The van der Waals surface area contributed by atoms with Gasteiger partial charge >= 0.3 is 0 Å². The molecule has 4 heteroatoms. The van der Waals surface area contributed by atoms with Crippen molar-refractivity contribution in [1.82, 2.24) is 14.5 Å². The highest BCUT2D eigenvalue weighted by molar-refractivity contribution is 5.88. The Bertz CT molecular complexity index is 1990. The van der Waals surface area contributed by atoms with E-state index < -0.39 is 5.41 Å². The summed E-state index contributed by atoms with van der Waals surface area (Å²) in [4.78, 5) is 9.58. The quantitative estimate of drug-likeness (QED) is 0.225.